The molecule has 3 rings (SSSR count). The van der Waals surface area contributed by atoms with Crippen molar-refractivity contribution in [1.82, 2.24) is 10.5 Å². The zero-order valence-corrected chi connectivity index (χ0v) is 15.8. The Kier molecular flexibility index (Phi) is 5.95. The van der Waals surface area contributed by atoms with Crippen LogP contribution in [0.2, 0.25) is 0 Å². The lowest BCUT2D eigenvalue weighted by Crippen LogP contribution is -2.24. The number of nitrogens with one attached hydrogen (secondary N) is 1. The number of benzene rings is 2. The van der Waals surface area contributed by atoms with E-state index in [-0.39, 0.29) is 17.0 Å². The van der Waals surface area contributed by atoms with Gasteiger partial charge in [-0.05, 0) is 35.9 Å². The van der Waals surface area contributed by atoms with Crippen LogP contribution in [0.4, 0.5) is 17.6 Å². The predicted molar refractivity (Wildman–Crippen MR) is 97.6 cm³/mol. The third-order valence-electron chi connectivity index (χ3n) is 4.23. The van der Waals surface area contributed by atoms with Crippen LogP contribution in [0.5, 0.6) is 11.5 Å². The van der Waals surface area contributed by atoms with Gasteiger partial charge in [-0.15, -0.1) is 0 Å². The van der Waals surface area contributed by atoms with Gasteiger partial charge in [0.25, 0.3) is 5.91 Å². The quantitative estimate of drug-likeness (QED) is 0.592. The molecule has 1 N–H and O–H groups in total. The van der Waals surface area contributed by atoms with E-state index in [1.54, 1.807) is 18.2 Å². The van der Waals surface area contributed by atoms with Gasteiger partial charge in [-0.2, -0.15) is 13.2 Å². The van der Waals surface area contributed by atoms with Gasteiger partial charge in [0.1, 0.15) is 17.3 Å². The number of methoxy groups -OCH3 is 2. The SMILES string of the molecule is COc1ccc(OC)c(-c2cc(C(=O)NCc3ccc(F)cc3C(F)(F)F)no2)c1. The van der Waals surface area contributed by atoms with Gasteiger partial charge in [0, 0.05) is 12.6 Å². The van der Waals surface area contributed by atoms with Crippen LogP contribution in [0.15, 0.2) is 47.0 Å². The Morgan fingerprint density at radius 2 is 1.87 bits per heavy atom. The van der Waals surface area contributed by atoms with Crippen LogP contribution in [0.3, 0.4) is 0 Å². The summed E-state index contributed by atoms with van der Waals surface area (Å²) >= 11 is 0. The Morgan fingerprint density at radius 3 is 2.53 bits per heavy atom. The normalized spacial score (nSPS) is 11.3. The van der Waals surface area contributed by atoms with E-state index in [4.69, 9.17) is 14.0 Å². The number of nitrogens with zero attached hydrogens (tertiary/aromatic N) is 1. The molecule has 1 amide bonds. The summed E-state index contributed by atoms with van der Waals surface area (Å²) in [5, 5.41) is 5.98. The summed E-state index contributed by atoms with van der Waals surface area (Å²) in [6.07, 6.45) is -4.76. The Morgan fingerprint density at radius 1 is 1.10 bits per heavy atom. The van der Waals surface area contributed by atoms with E-state index in [0.717, 1.165) is 12.1 Å². The highest BCUT2D eigenvalue weighted by molar-refractivity contribution is 5.93. The van der Waals surface area contributed by atoms with Crippen molar-refractivity contribution in [3.05, 3.63) is 65.1 Å². The first-order chi connectivity index (χ1) is 14.2. The number of ether oxygens (including phenoxy) is 2. The molecule has 0 aliphatic heterocycles. The highest BCUT2D eigenvalue weighted by atomic mass is 19.4. The maximum Gasteiger partial charge on any atom is 0.416 e. The van der Waals surface area contributed by atoms with Gasteiger partial charge in [0.05, 0.1) is 25.3 Å². The van der Waals surface area contributed by atoms with Gasteiger partial charge in [0.15, 0.2) is 11.5 Å². The standard InChI is InChI=1S/C20H16F4N2O4/c1-28-13-5-6-17(29-2)14(8-13)18-9-16(26-30-18)19(27)25-10-11-3-4-12(21)7-15(11)20(22,23)24/h3-9H,10H2,1-2H3,(H,25,27). The van der Waals surface area contributed by atoms with Crippen molar-refractivity contribution in [1.29, 1.82) is 0 Å². The minimum atomic E-state index is -4.76. The van der Waals surface area contributed by atoms with E-state index < -0.39 is 30.0 Å². The molecule has 0 fully saturated rings. The first kappa shape index (κ1) is 21.2. The fourth-order valence-corrected chi connectivity index (χ4v) is 2.75. The molecule has 0 aliphatic carbocycles. The molecule has 1 aromatic heterocycles. The molecule has 6 nitrogen and oxygen atoms in total. The number of carbonyl (C=O) groups is 1. The largest absolute Gasteiger partial charge is 0.497 e. The lowest BCUT2D eigenvalue weighted by atomic mass is 10.1. The van der Waals surface area contributed by atoms with Crippen LogP contribution >= 0.6 is 0 Å². The van der Waals surface area contributed by atoms with Crippen molar-refractivity contribution in [2.45, 2.75) is 12.7 Å². The topological polar surface area (TPSA) is 73.6 Å². The fraction of sp³-hybridized carbons (Fsp3) is 0.200. The molecule has 158 valence electrons. The number of alkyl halides is 3. The van der Waals surface area contributed by atoms with Gasteiger partial charge >= 0.3 is 6.18 Å². The molecule has 0 unspecified atom stereocenters. The summed E-state index contributed by atoms with van der Waals surface area (Å²) in [5.41, 5.74) is -1.12. The van der Waals surface area contributed by atoms with Crippen molar-refractivity contribution < 1.29 is 36.4 Å². The molecule has 0 saturated carbocycles. The Bertz CT molecular complexity index is 1060. The summed E-state index contributed by atoms with van der Waals surface area (Å²) < 4.78 is 68.0. The summed E-state index contributed by atoms with van der Waals surface area (Å²) in [6.45, 7) is -0.474. The van der Waals surface area contributed by atoms with E-state index in [1.165, 1.54) is 20.3 Å². The highest BCUT2D eigenvalue weighted by Crippen LogP contribution is 2.34. The molecule has 0 saturated heterocycles. The number of halogens is 4. The van der Waals surface area contributed by atoms with Gasteiger partial charge in [-0.3, -0.25) is 4.79 Å². The number of rotatable bonds is 6. The molecule has 0 aliphatic rings. The van der Waals surface area contributed by atoms with Crippen molar-refractivity contribution in [3.8, 4) is 22.8 Å². The lowest BCUT2D eigenvalue weighted by molar-refractivity contribution is -0.138. The molecule has 10 heteroatoms. The summed E-state index contributed by atoms with van der Waals surface area (Å²) in [4.78, 5) is 12.3. The maximum atomic E-state index is 13.2. The second-order valence-corrected chi connectivity index (χ2v) is 6.12. The molecular weight excluding hydrogens is 408 g/mol. The first-order valence-corrected chi connectivity index (χ1v) is 8.56. The van der Waals surface area contributed by atoms with Crippen LogP contribution in [0.25, 0.3) is 11.3 Å². The van der Waals surface area contributed by atoms with E-state index in [2.05, 4.69) is 10.5 Å². The summed E-state index contributed by atoms with van der Waals surface area (Å²) in [6, 6.07) is 8.49. The van der Waals surface area contributed by atoms with Gasteiger partial charge < -0.3 is 19.3 Å². The van der Waals surface area contributed by atoms with E-state index in [9.17, 15) is 22.4 Å². The second kappa shape index (κ2) is 8.44. The van der Waals surface area contributed by atoms with E-state index in [1.807, 2.05) is 0 Å². The average Bonchev–Trinajstić information content (AvgIpc) is 3.21. The van der Waals surface area contributed by atoms with Crippen LogP contribution in [0, 0.1) is 5.82 Å². The number of carbonyl (C=O) groups excluding carboxylic acids is 1. The molecular formula is C20H16F4N2O4. The zero-order chi connectivity index (χ0) is 21.9. The van der Waals surface area contributed by atoms with Crippen LogP contribution in [0.1, 0.15) is 21.6 Å². The molecule has 2 aromatic carbocycles. The van der Waals surface area contributed by atoms with Crippen LogP contribution in [-0.4, -0.2) is 25.3 Å². The third kappa shape index (κ3) is 4.53. The van der Waals surface area contributed by atoms with Crippen molar-refractivity contribution in [2.24, 2.45) is 0 Å². The van der Waals surface area contributed by atoms with Crippen molar-refractivity contribution in [2.75, 3.05) is 14.2 Å². The highest BCUT2D eigenvalue weighted by Gasteiger charge is 2.33. The molecule has 0 bridgehead atoms. The van der Waals surface area contributed by atoms with Gasteiger partial charge in [0.2, 0.25) is 0 Å². The number of hydrogen-bond donors (Lipinski definition) is 1. The predicted octanol–water partition coefficient (Wildman–Crippen LogP) is 4.45. The zero-order valence-electron chi connectivity index (χ0n) is 15.8. The number of aromatic nitrogens is 1. The Balaban J connectivity index is 1.79. The first-order valence-electron chi connectivity index (χ1n) is 8.56. The van der Waals surface area contributed by atoms with Gasteiger partial charge in [-0.25, -0.2) is 4.39 Å². The Labute approximate surface area is 168 Å². The maximum absolute atomic E-state index is 13.2. The molecule has 0 radical (unpaired) electrons. The molecule has 1 heterocycles. The third-order valence-corrected chi connectivity index (χ3v) is 4.23. The summed E-state index contributed by atoms with van der Waals surface area (Å²) in [7, 11) is 2.94. The van der Waals surface area contributed by atoms with Gasteiger partial charge in [-0.1, -0.05) is 11.2 Å². The van der Waals surface area contributed by atoms with Crippen molar-refractivity contribution in [3.63, 3.8) is 0 Å². The molecule has 30 heavy (non-hydrogen) atoms. The van der Waals surface area contributed by atoms with E-state index >= 15 is 0 Å². The molecule has 0 atom stereocenters. The number of amides is 1. The smallest absolute Gasteiger partial charge is 0.416 e. The minimum Gasteiger partial charge on any atom is -0.497 e. The average molecular weight is 424 g/mol. The fourth-order valence-electron chi connectivity index (χ4n) is 2.75. The monoisotopic (exact) mass is 424 g/mol. The molecule has 3 aromatic rings. The lowest BCUT2D eigenvalue weighted by Gasteiger charge is -2.13. The molecule has 0 spiro atoms. The second-order valence-electron chi connectivity index (χ2n) is 6.12. The minimum absolute atomic E-state index is 0.148. The van der Waals surface area contributed by atoms with Crippen molar-refractivity contribution >= 4 is 5.91 Å². The Hall–Kier alpha value is -3.56. The number of hydrogen-bond acceptors (Lipinski definition) is 5. The van der Waals surface area contributed by atoms with E-state index in [0.29, 0.717) is 23.1 Å². The van der Waals surface area contributed by atoms with Crippen LogP contribution in [-0.2, 0) is 12.7 Å². The van der Waals surface area contributed by atoms with Crippen LogP contribution < -0.4 is 14.8 Å². The summed E-state index contributed by atoms with van der Waals surface area (Å²) in [5.74, 6) is -0.618.